The monoisotopic (exact) mass is 306 g/mol. The van der Waals surface area contributed by atoms with Crippen molar-refractivity contribution < 1.29 is 14.6 Å². The molecule has 110 valence electrons. The average Bonchev–Trinajstić information content (AvgIpc) is 2.43. The van der Waals surface area contributed by atoms with Crippen LogP contribution >= 0.6 is 11.8 Å². The Morgan fingerprint density at radius 3 is 2.71 bits per heavy atom. The summed E-state index contributed by atoms with van der Waals surface area (Å²) >= 11 is 1.17. The van der Waals surface area contributed by atoms with Crippen LogP contribution < -0.4 is 16.2 Å². The number of Topliss-reactive ketones (excluding diaryl/α,β-unsaturated/α-hetero) is 1. The number of carbonyl (C=O) groups excluding carboxylic acids is 1. The summed E-state index contributed by atoms with van der Waals surface area (Å²) in [6.45, 7) is 0. The first-order chi connectivity index (χ1) is 9.99. The van der Waals surface area contributed by atoms with E-state index in [0.717, 1.165) is 0 Å². The smallest absolute Gasteiger partial charge is 0.223 e. The molecule has 0 unspecified atom stereocenters. The molecule has 0 atom stereocenters. The number of hydrogen-bond acceptors (Lipinski definition) is 8. The zero-order valence-corrected chi connectivity index (χ0v) is 12.1. The average molecular weight is 306 g/mol. The molecule has 1 aromatic heterocycles. The van der Waals surface area contributed by atoms with E-state index in [4.69, 9.17) is 16.2 Å². The number of phenolic OH excluding ortho intramolecular Hbond substituents is 1. The van der Waals surface area contributed by atoms with Gasteiger partial charge in [0.1, 0.15) is 22.3 Å². The molecule has 2 rings (SSSR count). The molecule has 0 bridgehead atoms. The van der Waals surface area contributed by atoms with Crippen LogP contribution in [-0.4, -0.2) is 33.7 Å². The van der Waals surface area contributed by atoms with Crippen molar-refractivity contribution in [3.8, 4) is 11.5 Å². The van der Waals surface area contributed by atoms with Crippen molar-refractivity contribution in [3.63, 3.8) is 0 Å². The van der Waals surface area contributed by atoms with E-state index in [1.165, 1.54) is 37.1 Å². The van der Waals surface area contributed by atoms with Gasteiger partial charge in [0.15, 0.2) is 5.78 Å². The lowest BCUT2D eigenvalue weighted by atomic mass is 10.1. The minimum atomic E-state index is -0.240. The van der Waals surface area contributed by atoms with E-state index in [-0.39, 0.29) is 34.6 Å². The normalized spacial score (nSPS) is 10.3. The molecular weight excluding hydrogens is 292 g/mol. The van der Waals surface area contributed by atoms with E-state index in [1.807, 2.05) is 0 Å². The highest BCUT2D eigenvalue weighted by atomic mass is 32.2. The van der Waals surface area contributed by atoms with Crippen LogP contribution in [0.4, 0.5) is 11.8 Å². The number of anilines is 2. The first kappa shape index (κ1) is 14.9. The molecule has 7 nitrogen and oxygen atoms in total. The summed E-state index contributed by atoms with van der Waals surface area (Å²) in [7, 11) is 1.48. The maximum absolute atomic E-state index is 12.1. The second kappa shape index (κ2) is 6.31. The second-order valence-corrected chi connectivity index (χ2v) is 5.08. The fourth-order valence-electron chi connectivity index (χ4n) is 1.63. The lowest BCUT2D eigenvalue weighted by Crippen LogP contribution is -2.05. The Morgan fingerprint density at radius 1 is 1.33 bits per heavy atom. The molecule has 0 radical (unpaired) electrons. The number of thioether (sulfide) groups is 1. The Balaban J connectivity index is 2.08. The number of phenols is 1. The van der Waals surface area contributed by atoms with Crippen LogP contribution in [0.15, 0.2) is 29.3 Å². The van der Waals surface area contributed by atoms with Crippen molar-refractivity contribution >= 4 is 29.3 Å². The largest absolute Gasteiger partial charge is 0.507 e. The maximum Gasteiger partial charge on any atom is 0.223 e. The van der Waals surface area contributed by atoms with E-state index in [1.54, 1.807) is 6.07 Å². The number of methoxy groups -OCH3 is 1. The Morgan fingerprint density at radius 2 is 2.10 bits per heavy atom. The van der Waals surface area contributed by atoms with Crippen LogP contribution in [0.5, 0.6) is 11.5 Å². The fraction of sp³-hybridized carbons (Fsp3) is 0.154. The van der Waals surface area contributed by atoms with E-state index >= 15 is 0 Å². The van der Waals surface area contributed by atoms with Crippen LogP contribution in [-0.2, 0) is 0 Å². The summed E-state index contributed by atoms with van der Waals surface area (Å²) in [4.78, 5) is 19.8. The summed E-state index contributed by atoms with van der Waals surface area (Å²) < 4.78 is 4.96. The molecule has 2 aromatic rings. The number of carbonyl (C=O) groups is 1. The van der Waals surface area contributed by atoms with Crippen molar-refractivity contribution in [1.82, 2.24) is 9.97 Å². The van der Waals surface area contributed by atoms with Gasteiger partial charge in [-0.3, -0.25) is 4.79 Å². The number of rotatable bonds is 5. The Bertz CT molecular complexity index is 658. The third-order valence-electron chi connectivity index (χ3n) is 2.60. The van der Waals surface area contributed by atoms with Crippen LogP contribution in [0.25, 0.3) is 0 Å². The van der Waals surface area contributed by atoms with Crippen molar-refractivity contribution in [2.75, 3.05) is 24.3 Å². The Kier molecular flexibility index (Phi) is 4.49. The van der Waals surface area contributed by atoms with Crippen molar-refractivity contribution in [3.05, 3.63) is 29.8 Å². The highest BCUT2D eigenvalue weighted by Gasteiger charge is 2.13. The standard InChI is InChI=1S/C13H14N4O3S/c1-20-7-2-3-8(9(18)4-7)10(19)6-21-12-5-11(14)16-13(15)17-12/h2-5,18H,6H2,1H3,(H4,14,15,16,17). The maximum atomic E-state index is 12.1. The minimum absolute atomic E-state index is 0.0530. The van der Waals surface area contributed by atoms with E-state index in [0.29, 0.717) is 10.8 Å². The summed E-state index contributed by atoms with van der Waals surface area (Å²) in [5.41, 5.74) is 11.2. The van der Waals surface area contributed by atoms with Gasteiger partial charge in [0.05, 0.1) is 18.4 Å². The Labute approximate surface area is 125 Å². The highest BCUT2D eigenvalue weighted by molar-refractivity contribution is 7.99. The number of benzene rings is 1. The quantitative estimate of drug-likeness (QED) is 0.429. The zero-order chi connectivity index (χ0) is 15.4. The van der Waals surface area contributed by atoms with Gasteiger partial charge in [-0.05, 0) is 12.1 Å². The number of aromatic nitrogens is 2. The van der Waals surface area contributed by atoms with Crippen LogP contribution in [0.3, 0.4) is 0 Å². The topological polar surface area (TPSA) is 124 Å². The summed E-state index contributed by atoms with van der Waals surface area (Å²) in [6.07, 6.45) is 0. The molecule has 8 heteroatoms. The molecule has 1 aromatic carbocycles. The second-order valence-electron chi connectivity index (χ2n) is 4.08. The van der Waals surface area contributed by atoms with Gasteiger partial charge in [0.25, 0.3) is 0 Å². The molecule has 0 saturated heterocycles. The SMILES string of the molecule is COc1ccc(C(=O)CSc2cc(N)nc(N)n2)c(O)c1. The molecule has 0 spiro atoms. The van der Waals surface area contributed by atoms with E-state index in [9.17, 15) is 9.90 Å². The van der Waals surface area contributed by atoms with Gasteiger partial charge >= 0.3 is 0 Å². The number of hydrogen-bond donors (Lipinski definition) is 3. The summed E-state index contributed by atoms with van der Waals surface area (Å²) in [5.74, 6) is 0.503. The predicted octanol–water partition coefficient (Wildman–Crippen LogP) is 1.33. The van der Waals surface area contributed by atoms with E-state index < -0.39 is 0 Å². The molecule has 1 heterocycles. The highest BCUT2D eigenvalue weighted by Crippen LogP contribution is 2.26. The fourth-order valence-corrected chi connectivity index (χ4v) is 2.42. The minimum Gasteiger partial charge on any atom is -0.507 e. The predicted molar refractivity (Wildman–Crippen MR) is 80.6 cm³/mol. The van der Waals surface area contributed by atoms with E-state index in [2.05, 4.69) is 9.97 Å². The molecule has 21 heavy (non-hydrogen) atoms. The van der Waals surface area contributed by atoms with Gasteiger partial charge in [-0.15, -0.1) is 0 Å². The summed E-state index contributed by atoms with van der Waals surface area (Å²) in [6, 6.07) is 6.04. The van der Waals surface area contributed by atoms with Gasteiger partial charge in [-0.25, -0.2) is 4.98 Å². The molecule has 0 amide bonds. The molecule has 0 aliphatic heterocycles. The molecule has 0 saturated carbocycles. The Hall–Kier alpha value is -2.48. The van der Waals surface area contributed by atoms with Gasteiger partial charge < -0.3 is 21.3 Å². The first-order valence-corrected chi connectivity index (χ1v) is 6.91. The molecule has 0 aliphatic carbocycles. The van der Waals surface area contributed by atoms with Crippen LogP contribution in [0.2, 0.25) is 0 Å². The molecular formula is C13H14N4O3S. The lowest BCUT2D eigenvalue weighted by Gasteiger charge is -2.06. The van der Waals surface area contributed by atoms with Gasteiger partial charge in [0.2, 0.25) is 5.95 Å². The number of nitrogens with two attached hydrogens (primary N) is 2. The zero-order valence-electron chi connectivity index (χ0n) is 11.2. The number of ether oxygens (including phenoxy) is 1. The van der Waals surface area contributed by atoms with Crippen molar-refractivity contribution in [2.45, 2.75) is 5.03 Å². The number of aromatic hydroxyl groups is 1. The van der Waals surface area contributed by atoms with Gasteiger partial charge in [-0.1, -0.05) is 11.8 Å². The molecule has 0 fully saturated rings. The summed E-state index contributed by atoms with van der Waals surface area (Å²) in [5, 5.41) is 10.3. The number of nitrogen functional groups attached to an aromatic ring is 2. The van der Waals surface area contributed by atoms with Crippen LogP contribution in [0, 0.1) is 0 Å². The van der Waals surface area contributed by atoms with Crippen molar-refractivity contribution in [1.29, 1.82) is 0 Å². The molecule has 0 aliphatic rings. The van der Waals surface area contributed by atoms with Gasteiger partial charge in [-0.2, -0.15) is 4.98 Å². The molecule has 5 N–H and O–H groups in total. The van der Waals surface area contributed by atoms with Crippen LogP contribution in [0.1, 0.15) is 10.4 Å². The number of nitrogens with zero attached hydrogens (tertiary/aromatic N) is 2. The lowest BCUT2D eigenvalue weighted by molar-refractivity contribution is 0.102. The first-order valence-electron chi connectivity index (χ1n) is 5.92. The third kappa shape index (κ3) is 3.76. The number of ketones is 1. The third-order valence-corrected chi connectivity index (χ3v) is 3.51. The van der Waals surface area contributed by atoms with Gasteiger partial charge in [0, 0.05) is 12.1 Å². The van der Waals surface area contributed by atoms with Crippen molar-refractivity contribution in [2.24, 2.45) is 0 Å².